The zero-order valence-corrected chi connectivity index (χ0v) is 8.93. The summed E-state index contributed by atoms with van der Waals surface area (Å²) in [6.07, 6.45) is 0. The van der Waals surface area contributed by atoms with Crippen LogP contribution in [0.1, 0.15) is 0 Å². The monoisotopic (exact) mass is 373 g/mol. The van der Waals surface area contributed by atoms with E-state index in [0.717, 1.165) is 0 Å². The molecular formula is LiO8U-3. The van der Waals surface area contributed by atoms with Crippen molar-refractivity contribution < 1.29 is 82.7 Å². The van der Waals surface area contributed by atoms with Crippen molar-refractivity contribution in [3.05, 3.63) is 0 Å². The Labute approximate surface area is 82.3 Å². The first-order valence-electron chi connectivity index (χ1n) is 0.908. The van der Waals surface area contributed by atoms with Gasteiger partial charge in [0.1, 0.15) is 0 Å². The molecule has 0 saturated heterocycles. The molecule has 0 saturated carbocycles. The Balaban J connectivity index is -0.0000000110. The van der Waals surface area contributed by atoms with Gasteiger partial charge in [-0.2, -0.15) is 0 Å². The van der Waals surface area contributed by atoms with Crippen molar-refractivity contribution in [2.75, 3.05) is 0 Å². The van der Waals surface area contributed by atoms with Crippen molar-refractivity contribution in [1.82, 2.24) is 0 Å². The molecule has 0 heterocycles. The zero-order chi connectivity index (χ0) is 8.71. The van der Waals surface area contributed by atoms with Gasteiger partial charge in [-0.15, -0.1) is 0 Å². The van der Waals surface area contributed by atoms with Gasteiger partial charge in [0, 0.05) is 0 Å². The Bertz CT molecular complexity index is 30.2. The number of rotatable bonds is 0. The van der Waals surface area contributed by atoms with Gasteiger partial charge in [-0.3, -0.25) is 0 Å². The standard InChI is InChI=1S/Li.3O2.2O.U/c;3*1-2;;;/q+1;3*-2;;;+2. The van der Waals surface area contributed by atoms with Crippen LogP contribution in [0.4, 0.5) is 0 Å². The second-order valence-corrected chi connectivity index (χ2v) is 0.777. The predicted octanol–water partition coefficient (Wildman–Crippen LogP) is -10.4. The first-order chi connectivity index (χ1) is 4.41. The zero-order valence-electron chi connectivity index (χ0n) is 4.77. The minimum atomic E-state index is -2.51. The maximum atomic E-state index is 8.58. The van der Waals surface area contributed by atoms with E-state index in [-0.39, 0.29) is 18.9 Å². The molecule has 0 bridgehead atoms. The topological polar surface area (TPSA) is 172 Å². The van der Waals surface area contributed by atoms with Crippen molar-refractivity contribution in [3.8, 4) is 0 Å². The molecule has 0 N–H and O–H groups in total. The van der Waals surface area contributed by atoms with E-state index in [9.17, 15) is 0 Å². The van der Waals surface area contributed by atoms with Gasteiger partial charge in [-0.25, -0.2) is 0 Å². The SMILES string of the molecule is [Li+].[O-][O-].[O-][O-].[O-][O-].[O]=[U+2]=[O]. The summed E-state index contributed by atoms with van der Waals surface area (Å²) >= 11 is -2.51. The summed E-state index contributed by atoms with van der Waals surface area (Å²) < 4.78 is 17.2. The van der Waals surface area contributed by atoms with Crippen molar-refractivity contribution in [1.29, 1.82) is 0 Å². The second-order valence-electron chi connectivity index (χ2n) is 0.0833. The summed E-state index contributed by atoms with van der Waals surface area (Å²) in [7, 11) is 0. The Morgan fingerprint density at radius 3 is 0.700 bits per heavy atom. The Morgan fingerprint density at radius 1 is 0.700 bits per heavy atom. The summed E-state index contributed by atoms with van der Waals surface area (Å²) in [5.41, 5.74) is 0. The van der Waals surface area contributed by atoms with Crippen LogP contribution < -0.4 is 50.4 Å². The van der Waals surface area contributed by atoms with Crippen molar-refractivity contribution in [2.24, 2.45) is 0 Å². The van der Waals surface area contributed by atoms with Crippen LogP contribution in [0.3, 0.4) is 0 Å². The third-order valence-corrected chi connectivity index (χ3v) is 0. The van der Waals surface area contributed by atoms with Gasteiger partial charge in [0.2, 0.25) is 0 Å². The molecule has 0 aliphatic heterocycles. The molecule has 56 valence electrons. The van der Waals surface area contributed by atoms with Crippen LogP contribution >= 0.6 is 0 Å². The van der Waals surface area contributed by atoms with Gasteiger partial charge in [0.05, 0.1) is 0 Å². The van der Waals surface area contributed by atoms with E-state index in [1.54, 1.807) is 0 Å². The van der Waals surface area contributed by atoms with Gasteiger partial charge < -0.3 is 31.5 Å². The van der Waals surface area contributed by atoms with Crippen LogP contribution in [-0.2, 0) is 4.47 Å². The van der Waals surface area contributed by atoms with Crippen molar-refractivity contribution >= 4 is 0 Å². The summed E-state index contributed by atoms with van der Waals surface area (Å²) in [4.78, 5) is 0. The average molecular weight is 373 g/mol. The van der Waals surface area contributed by atoms with Gasteiger partial charge in [0.25, 0.3) is 0 Å². The first-order valence-corrected chi connectivity index (χ1v) is 4.31. The molecule has 10 heavy (non-hydrogen) atoms. The third kappa shape index (κ3) is 567. The van der Waals surface area contributed by atoms with Gasteiger partial charge in [0.15, 0.2) is 0 Å². The van der Waals surface area contributed by atoms with E-state index in [1.807, 2.05) is 0 Å². The van der Waals surface area contributed by atoms with E-state index in [1.165, 1.54) is 0 Å². The molecule has 0 aromatic carbocycles. The Kier molecular flexibility index (Phi) is 615. The van der Waals surface area contributed by atoms with Crippen LogP contribution in [0.15, 0.2) is 0 Å². The fourth-order valence-corrected chi connectivity index (χ4v) is 0. The van der Waals surface area contributed by atoms with Gasteiger partial charge in [-0.05, 0) is 0 Å². The molecule has 0 spiro atoms. The van der Waals surface area contributed by atoms with Gasteiger partial charge in [-0.1, -0.05) is 0 Å². The summed E-state index contributed by atoms with van der Waals surface area (Å²) in [5, 5.41) is 42.0. The molecule has 0 unspecified atom stereocenters. The molecule has 0 aliphatic carbocycles. The molecule has 0 aromatic heterocycles. The van der Waals surface area contributed by atoms with Crippen LogP contribution in [0.2, 0.25) is 0 Å². The van der Waals surface area contributed by atoms with Crippen LogP contribution in [-0.4, -0.2) is 0 Å². The molecule has 10 heteroatoms. The Hall–Kier alpha value is 1.01. The summed E-state index contributed by atoms with van der Waals surface area (Å²) in [5.74, 6) is 0. The van der Waals surface area contributed by atoms with E-state index >= 15 is 0 Å². The molecule has 0 amide bonds. The molecule has 8 nitrogen and oxygen atoms in total. The van der Waals surface area contributed by atoms with Crippen LogP contribution in [0.5, 0.6) is 0 Å². The number of hydrogen-bond acceptors (Lipinski definition) is 8. The molecule has 0 fully saturated rings. The summed E-state index contributed by atoms with van der Waals surface area (Å²) in [6, 6.07) is 0. The molecule has 0 atom stereocenters. The van der Waals surface area contributed by atoms with E-state index in [2.05, 4.69) is 0 Å². The summed E-state index contributed by atoms with van der Waals surface area (Å²) in [6.45, 7) is 0. The van der Waals surface area contributed by atoms with Crippen LogP contribution in [0, 0.1) is 27.8 Å². The quantitative estimate of drug-likeness (QED) is 0.229. The molecule has 0 aromatic rings. The molecule has 0 radical (unpaired) electrons. The van der Waals surface area contributed by atoms with E-state index in [4.69, 9.17) is 36.0 Å². The Morgan fingerprint density at radius 2 is 0.700 bits per heavy atom. The van der Waals surface area contributed by atoms with Gasteiger partial charge >= 0.3 is 51.2 Å². The first kappa shape index (κ1) is 30.5. The van der Waals surface area contributed by atoms with Crippen LogP contribution in [0.25, 0.3) is 0 Å². The molecule has 0 rings (SSSR count). The molecule has 0 aliphatic rings. The second kappa shape index (κ2) is 201. The predicted molar refractivity (Wildman–Crippen MR) is 1.37 cm³/mol. The fourth-order valence-electron chi connectivity index (χ4n) is 0. The molecular weight excluding hydrogens is 373 g/mol. The van der Waals surface area contributed by atoms with Crippen molar-refractivity contribution in [3.63, 3.8) is 0 Å². The van der Waals surface area contributed by atoms with Crippen molar-refractivity contribution in [2.45, 2.75) is 0 Å². The van der Waals surface area contributed by atoms with E-state index < -0.39 is 27.8 Å². The normalized spacial score (nSPS) is 2.60. The fraction of sp³-hybridized carbons (Fsp3) is 0. The average Bonchev–Trinajstić information content (AvgIpc) is 2.01. The maximum absolute atomic E-state index is 8.58. The minimum absolute atomic E-state index is 0. The third-order valence-electron chi connectivity index (χ3n) is 0. The van der Waals surface area contributed by atoms with E-state index in [0.29, 0.717) is 0 Å². The number of hydrogen-bond donors (Lipinski definition) is 0.